The molecule has 0 aliphatic heterocycles. The first-order chi connectivity index (χ1) is 13.0. The Morgan fingerprint density at radius 3 is 2.22 bits per heavy atom. The third-order valence-electron chi connectivity index (χ3n) is 3.58. The fraction of sp³-hybridized carbons (Fsp3) is 0.0500. The number of halogens is 1. The zero-order chi connectivity index (χ0) is 19.2. The molecule has 0 aliphatic rings. The Morgan fingerprint density at radius 1 is 0.889 bits per heavy atom. The molecule has 0 unspecified atom stereocenters. The van der Waals surface area contributed by atoms with Crippen molar-refractivity contribution >= 4 is 46.3 Å². The molecular formula is C20H17ClN4O2. The first-order valence-corrected chi connectivity index (χ1v) is 8.55. The summed E-state index contributed by atoms with van der Waals surface area (Å²) in [6.07, 6.45) is 1.49. The third-order valence-corrected chi connectivity index (χ3v) is 3.84. The van der Waals surface area contributed by atoms with Crippen molar-refractivity contribution in [2.45, 2.75) is 6.92 Å². The van der Waals surface area contributed by atoms with Gasteiger partial charge >= 0.3 is 0 Å². The van der Waals surface area contributed by atoms with Gasteiger partial charge in [-0.15, -0.1) is 0 Å². The van der Waals surface area contributed by atoms with Crippen molar-refractivity contribution in [1.82, 2.24) is 4.98 Å². The standard InChI is InChI=1S/C20H17ClN4O2/c1-13(26)23-17-3-2-4-18(11-17)25-20(27)14-5-10-19(22-12-14)24-16-8-6-15(21)7-9-16/h2-12H,1H3,(H,22,24)(H,23,26)(H,25,27). The summed E-state index contributed by atoms with van der Waals surface area (Å²) in [4.78, 5) is 27.8. The van der Waals surface area contributed by atoms with Crippen LogP contribution in [0.5, 0.6) is 0 Å². The number of aromatic nitrogens is 1. The first-order valence-electron chi connectivity index (χ1n) is 8.17. The van der Waals surface area contributed by atoms with Gasteiger partial charge in [-0.2, -0.15) is 0 Å². The van der Waals surface area contributed by atoms with Gasteiger partial charge in [-0.05, 0) is 54.6 Å². The van der Waals surface area contributed by atoms with E-state index in [1.165, 1.54) is 13.1 Å². The molecule has 0 saturated carbocycles. The van der Waals surface area contributed by atoms with Crippen LogP contribution in [0.25, 0.3) is 0 Å². The van der Waals surface area contributed by atoms with Crippen LogP contribution in [0.4, 0.5) is 22.9 Å². The maximum atomic E-state index is 12.4. The molecule has 136 valence electrons. The molecule has 0 bridgehead atoms. The van der Waals surface area contributed by atoms with Gasteiger partial charge in [0.1, 0.15) is 5.82 Å². The molecule has 0 spiro atoms. The van der Waals surface area contributed by atoms with Gasteiger partial charge < -0.3 is 16.0 Å². The minimum atomic E-state index is -0.291. The van der Waals surface area contributed by atoms with Crippen LogP contribution in [0.2, 0.25) is 5.02 Å². The molecule has 7 heteroatoms. The summed E-state index contributed by atoms with van der Waals surface area (Å²) >= 11 is 5.86. The number of carbonyl (C=O) groups is 2. The molecule has 0 saturated heterocycles. The monoisotopic (exact) mass is 380 g/mol. The molecule has 0 atom stereocenters. The van der Waals surface area contributed by atoms with Gasteiger partial charge in [0.2, 0.25) is 5.91 Å². The highest BCUT2D eigenvalue weighted by Crippen LogP contribution is 2.19. The number of rotatable bonds is 5. The molecule has 0 aliphatic carbocycles. The first kappa shape index (κ1) is 18.4. The molecule has 3 aromatic rings. The van der Waals surface area contributed by atoms with Crippen LogP contribution in [0.15, 0.2) is 66.9 Å². The van der Waals surface area contributed by atoms with Gasteiger partial charge in [0, 0.05) is 35.2 Å². The fourth-order valence-electron chi connectivity index (χ4n) is 2.36. The SMILES string of the molecule is CC(=O)Nc1cccc(NC(=O)c2ccc(Nc3ccc(Cl)cc3)nc2)c1. The highest BCUT2D eigenvalue weighted by atomic mass is 35.5. The molecule has 2 aromatic carbocycles. The van der Waals surface area contributed by atoms with Gasteiger partial charge in [0.25, 0.3) is 5.91 Å². The lowest BCUT2D eigenvalue weighted by Crippen LogP contribution is -2.13. The minimum Gasteiger partial charge on any atom is -0.340 e. The van der Waals surface area contributed by atoms with Crippen molar-refractivity contribution in [2.24, 2.45) is 0 Å². The van der Waals surface area contributed by atoms with E-state index in [9.17, 15) is 9.59 Å². The van der Waals surface area contributed by atoms with Gasteiger partial charge in [0.15, 0.2) is 0 Å². The van der Waals surface area contributed by atoms with E-state index >= 15 is 0 Å². The van der Waals surface area contributed by atoms with Crippen LogP contribution < -0.4 is 16.0 Å². The topological polar surface area (TPSA) is 83.1 Å². The Labute approximate surface area is 161 Å². The van der Waals surface area contributed by atoms with Crippen LogP contribution in [0, 0.1) is 0 Å². The van der Waals surface area contributed by atoms with Crippen LogP contribution >= 0.6 is 11.6 Å². The lowest BCUT2D eigenvalue weighted by Gasteiger charge is -2.09. The Kier molecular flexibility index (Phi) is 5.68. The van der Waals surface area contributed by atoms with Gasteiger partial charge in [-0.3, -0.25) is 9.59 Å². The van der Waals surface area contributed by atoms with Crippen LogP contribution in [0.1, 0.15) is 17.3 Å². The Hall–Kier alpha value is -3.38. The smallest absolute Gasteiger partial charge is 0.257 e. The van der Waals surface area contributed by atoms with Crippen molar-refractivity contribution in [2.75, 3.05) is 16.0 Å². The summed E-state index contributed by atoms with van der Waals surface area (Å²) in [6, 6.07) is 17.6. The van der Waals surface area contributed by atoms with Crippen molar-refractivity contribution in [1.29, 1.82) is 0 Å². The molecule has 27 heavy (non-hydrogen) atoms. The second-order valence-electron chi connectivity index (χ2n) is 5.78. The predicted molar refractivity (Wildman–Crippen MR) is 108 cm³/mol. The number of amides is 2. The van der Waals surface area contributed by atoms with Crippen LogP contribution in [-0.4, -0.2) is 16.8 Å². The van der Waals surface area contributed by atoms with E-state index in [-0.39, 0.29) is 11.8 Å². The Morgan fingerprint density at radius 2 is 1.59 bits per heavy atom. The summed E-state index contributed by atoms with van der Waals surface area (Å²) in [5.74, 6) is 0.147. The summed E-state index contributed by atoms with van der Waals surface area (Å²) in [7, 11) is 0. The Bertz CT molecular complexity index is 956. The minimum absolute atomic E-state index is 0.175. The van der Waals surface area contributed by atoms with Crippen molar-refractivity contribution in [3.05, 3.63) is 77.4 Å². The number of nitrogens with one attached hydrogen (secondary N) is 3. The van der Waals surface area contributed by atoms with E-state index in [4.69, 9.17) is 11.6 Å². The Balaban J connectivity index is 1.65. The number of carbonyl (C=O) groups excluding carboxylic acids is 2. The van der Waals surface area contributed by atoms with Crippen LogP contribution in [-0.2, 0) is 4.79 Å². The zero-order valence-corrected chi connectivity index (χ0v) is 15.2. The number of hydrogen-bond donors (Lipinski definition) is 3. The lowest BCUT2D eigenvalue weighted by molar-refractivity contribution is -0.114. The normalized spacial score (nSPS) is 10.1. The maximum Gasteiger partial charge on any atom is 0.257 e. The van der Waals surface area contributed by atoms with Crippen molar-refractivity contribution < 1.29 is 9.59 Å². The summed E-state index contributed by atoms with van der Waals surface area (Å²) < 4.78 is 0. The van der Waals surface area contributed by atoms with E-state index in [0.29, 0.717) is 27.8 Å². The maximum absolute atomic E-state index is 12.4. The van der Waals surface area contributed by atoms with Gasteiger partial charge in [0.05, 0.1) is 5.56 Å². The summed E-state index contributed by atoms with van der Waals surface area (Å²) in [5.41, 5.74) is 2.45. The quantitative estimate of drug-likeness (QED) is 0.599. The van der Waals surface area contributed by atoms with E-state index in [2.05, 4.69) is 20.9 Å². The average molecular weight is 381 g/mol. The second-order valence-corrected chi connectivity index (χ2v) is 6.22. The lowest BCUT2D eigenvalue weighted by atomic mass is 10.2. The predicted octanol–water partition coefficient (Wildman–Crippen LogP) is 4.69. The van der Waals surface area contributed by atoms with E-state index in [1.54, 1.807) is 48.5 Å². The molecule has 0 radical (unpaired) electrons. The number of hydrogen-bond acceptors (Lipinski definition) is 4. The number of pyridine rings is 1. The molecule has 0 fully saturated rings. The summed E-state index contributed by atoms with van der Waals surface area (Å²) in [5, 5.41) is 9.24. The molecule has 3 N–H and O–H groups in total. The van der Waals surface area contributed by atoms with E-state index in [1.807, 2.05) is 12.1 Å². The highest BCUT2D eigenvalue weighted by Gasteiger charge is 2.08. The molecule has 2 amide bonds. The number of benzene rings is 2. The van der Waals surface area contributed by atoms with E-state index in [0.717, 1.165) is 5.69 Å². The molecule has 1 aromatic heterocycles. The largest absolute Gasteiger partial charge is 0.340 e. The fourth-order valence-corrected chi connectivity index (χ4v) is 2.49. The second kappa shape index (κ2) is 8.33. The number of nitrogens with zero attached hydrogens (tertiary/aromatic N) is 1. The molecular weight excluding hydrogens is 364 g/mol. The third kappa shape index (κ3) is 5.29. The van der Waals surface area contributed by atoms with Crippen LogP contribution in [0.3, 0.4) is 0 Å². The summed E-state index contributed by atoms with van der Waals surface area (Å²) in [6.45, 7) is 1.43. The highest BCUT2D eigenvalue weighted by molar-refractivity contribution is 6.30. The number of anilines is 4. The zero-order valence-electron chi connectivity index (χ0n) is 14.5. The van der Waals surface area contributed by atoms with Gasteiger partial charge in [-0.1, -0.05) is 17.7 Å². The van der Waals surface area contributed by atoms with Gasteiger partial charge in [-0.25, -0.2) is 4.98 Å². The van der Waals surface area contributed by atoms with Crippen molar-refractivity contribution in [3.63, 3.8) is 0 Å². The average Bonchev–Trinajstić information content (AvgIpc) is 2.64. The van der Waals surface area contributed by atoms with Crippen molar-refractivity contribution in [3.8, 4) is 0 Å². The van der Waals surface area contributed by atoms with E-state index < -0.39 is 0 Å². The molecule has 3 rings (SSSR count). The molecule has 1 heterocycles. The molecule has 6 nitrogen and oxygen atoms in total.